The highest BCUT2D eigenvalue weighted by atomic mass is 35.5. The van der Waals surface area contributed by atoms with Gasteiger partial charge in [-0.3, -0.25) is 0 Å². The van der Waals surface area contributed by atoms with E-state index in [0.717, 1.165) is 29.2 Å². The van der Waals surface area contributed by atoms with Crippen molar-refractivity contribution in [2.24, 2.45) is 0 Å². The number of halogens is 1. The van der Waals surface area contributed by atoms with Gasteiger partial charge >= 0.3 is 0 Å². The van der Waals surface area contributed by atoms with Gasteiger partial charge in [-0.2, -0.15) is 0 Å². The van der Waals surface area contributed by atoms with E-state index in [0.29, 0.717) is 0 Å². The number of hydrogen-bond donors (Lipinski definition) is 0. The molecule has 80 valence electrons. The van der Waals surface area contributed by atoms with Crippen LogP contribution in [0.15, 0.2) is 12.1 Å². The highest BCUT2D eigenvalue weighted by Gasteiger charge is 2.14. The Balaban J connectivity index is 2.74. The van der Waals surface area contributed by atoms with E-state index in [4.69, 9.17) is 11.6 Å². The van der Waals surface area contributed by atoms with Crippen molar-refractivity contribution in [3.8, 4) is 0 Å². The van der Waals surface area contributed by atoms with Gasteiger partial charge in [0.2, 0.25) is 0 Å². The standard InChI is InChI=1S/C11H14ClN3/c1-4-15-10(8(3)12)14-9-6-5-7(2)13-11(9)15/h5-6,8H,4H2,1-3H3. The van der Waals surface area contributed by atoms with E-state index in [-0.39, 0.29) is 5.38 Å². The first kappa shape index (κ1) is 10.4. The summed E-state index contributed by atoms with van der Waals surface area (Å²) in [5.74, 6) is 0.896. The van der Waals surface area contributed by atoms with Crippen molar-refractivity contribution in [3.63, 3.8) is 0 Å². The van der Waals surface area contributed by atoms with Gasteiger partial charge < -0.3 is 4.57 Å². The normalized spacial score (nSPS) is 13.3. The van der Waals surface area contributed by atoms with Crippen LogP contribution in [0.3, 0.4) is 0 Å². The quantitative estimate of drug-likeness (QED) is 0.733. The second-order valence-corrected chi connectivity index (χ2v) is 4.28. The van der Waals surface area contributed by atoms with Crippen molar-refractivity contribution in [1.29, 1.82) is 0 Å². The highest BCUT2D eigenvalue weighted by molar-refractivity contribution is 6.20. The summed E-state index contributed by atoms with van der Waals surface area (Å²) < 4.78 is 2.07. The lowest BCUT2D eigenvalue weighted by Gasteiger charge is -2.06. The summed E-state index contributed by atoms with van der Waals surface area (Å²) in [7, 11) is 0. The van der Waals surface area contributed by atoms with Gasteiger partial charge in [0.25, 0.3) is 0 Å². The fraction of sp³-hybridized carbons (Fsp3) is 0.455. The zero-order chi connectivity index (χ0) is 11.0. The third-order valence-corrected chi connectivity index (χ3v) is 2.63. The maximum absolute atomic E-state index is 6.09. The summed E-state index contributed by atoms with van der Waals surface area (Å²) in [4.78, 5) is 8.98. The van der Waals surface area contributed by atoms with Crippen LogP contribution in [0.2, 0.25) is 0 Å². The van der Waals surface area contributed by atoms with Gasteiger partial charge in [-0.25, -0.2) is 9.97 Å². The second-order valence-electron chi connectivity index (χ2n) is 3.63. The van der Waals surface area contributed by atoms with Crippen LogP contribution in [-0.4, -0.2) is 14.5 Å². The summed E-state index contributed by atoms with van der Waals surface area (Å²) in [6.07, 6.45) is 0. The Labute approximate surface area is 94.1 Å². The summed E-state index contributed by atoms with van der Waals surface area (Å²) >= 11 is 6.09. The Morgan fingerprint density at radius 2 is 2.13 bits per heavy atom. The maximum atomic E-state index is 6.09. The van der Waals surface area contributed by atoms with Gasteiger partial charge in [-0.1, -0.05) is 0 Å². The number of nitrogens with zero attached hydrogens (tertiary/aromatic N) is 3. The van der Waals surface area contributed by atoms with Crippen LogP contribution in [0.25, 0.3) is 11.2 Å². The molecule has 2 heterocycles. The van der Waals surface area contributed by atoms with Crippen LogP contribution in [0.1, 0.15) is 30.7 Å². The van der Waals surface area contributed by atoms with Crippen LogP contribution >= 0.6 is 11.6 Å². The molecule has 0 fully saturated rings. The van der Waals surface area contributed by atoms with Gasteiger partial charge in [0.05, 0.1) is 5.38 Å². The first-order valence-electron chi connectivity index (χ1n) is 5.11. The van der Waals surface area contributed by atoms with E-state index >= 15 is 0 Å². The largest absolute Gasteiger partial charge is 0.312 e. The molecular formula is C11H14ClN3. The van der Waals surface area contributed by atoms with Gasteiger partial charge in [0.1, 0.15) is 11.3 Å². The van der Waals surface area contributed by atoms with E-state index < -0.39 is 0 Å². The van der Waals surface area contributed by atoms with E-state index in [1.54, 1.807) is 0 Å². The minimum atomic E-state index is -0.0838. The molecule has 2 rings (SSSR count). The summed E-state index contributed by atoms with van der Waals surface area (Å²) in [6, 6.07) is 3.96. The molecule has 15 heavy (non-hydrogen) atoms. The van der Waals surface area contributed by atoms with E-state index in [9.17, 15) is 0 Å². The molecular weight excluding hydrogens is 210 g/mol. The number of aryl methyl sites for hydroxylation is 2. The molecule has 0 saturated carbocycles. The molecule has 1 atom stereocenters. The topological polar surface area (TPSA) is 30.7 Å². The Hall–Kier alpha value is -1.09. The predicted octanol–water partition coefficient (Wildman–Crippen LogP) is 3.06. The third kappa shape index (κ3) is 1.72. The van der Waals surface area contributed by atoms with Crippen molar-refractivity contribution in [2.45, 2.75) is 32.7 Å². The monoisotopic (exact) mass is 223 g/mol. The molecule has 0 aromatic carbocycles. The molecule has 3 nitrogen and oxygen atoms in total. The lowest BCUT2D eigenvalue weighted by atomic mass is 10.3. The number of fused-ring (bicyclic) bond motifs is 1. The zero-order valence-corrected chi connectivity index (χ0v) is 9.91. The number of alkyl halides is 1. The average Bonchev–Trinajstić information content (AvgIpc) is 2.55. The number of pyridine rings is 1. The van der Waals surface area contributed by atoms with E-state index in [1.165, 1.54) is 0 Å². The molecule has 0 saturated heterocycles. The van der Waals surface area contributed by atoms with Gasteiger partial charge in [0, 0.05) is 12.2 Å². The number of aromatic nitrogens is 3. The van der Waals surface area contributed by atoms with Crippen molar-refractivity contribution >= 4 is 22.8 Å². The van der Waals surface area contributed by atoms with Crippen LogP contribution in [0.5, 0.6) is 0 Å². The third-order valence-electron chi connectivity index (χ3n) is 2.43. The first-order valence-corrected chi connectivity index (χ1v) is 5.55. The van der Waals surface area contributed by atoms with Crippen molar-refractivity contribution in [2.75, 3.05) is 0 Å². The summed E-state index contributed by atoms with van der Waals surface area (Å²) in [6.45, 7) is 6.84. The fourth-order valence-corrected chi connectivity index (χ4v) is 1.90. The van der Waals surface area contributed by atoms with Crippen LogP contribution in [0, 0.1) is 6.92 Å². The smallest absolute Gasteiger partial charge is 0.160 e. The van der Waals surface area contributed by atoms with Crippen molar-refractivity contribution in [3.05, 3.63) is 23.7 Å². The minimum absolute atomic E-state index is 0.0838. The van der Waals surface area contributed by atoms with E-state index in [2.05, 4.69) is 21.5 Å². The SMILES string of the molecule is CCn1c(C(C)Cl)nc2ccc(C)nc21. The molecule has 0 amide bonds. The molecule has 1 unspecified atom stereocenters. The molecule has 0 spiro atoms. The molecule has 0 N–H and O–H groups in total. The number of rotatable bonds is 2. The van der Waals surface area contributed by atoms with Crippen LogP contribution in [-0.2, 0) is 6.54 Å². The van der Waals surface area contributed by atoms with Crippen molar-refractivity contribution < 1.29 is 0 Å². The Morgan fingerprint density at radius 1 is 1.40 bits per heavy atom. The Morgan fingerprint density at radius 3 is 2.73 bits per heavy atom. The molecule has 2 aromatic heterocycles. The van der Waals surface area contributed by atoms with Crippen LogP contribution in [0.4, 0.5) is 0 Å². The van der Waals surface area contributed by atoms with Gasteiger partial charge in [-0.15, -0.1) is 11.6 Å². The summed E-state index contributed by atoms with van der Waals surface area (Å²) in [5.41, 5.74) is 2.86. The molecule has 2 aromatic rings. The molecule has 0 aliphatic heterocycles. The number of hydrogen-bond acceptors (Lipinski definition) is 2. The lowest BCUT2D eigenvalue weighted by molar-refractivity contribution is 0.710. The second kappa shape index (κ2) is 3.81. The van der Waals surface area contributed by atoms with Gasteiger partial charge in [-0.05, 0) is 32.9 Å². The first-order chi connectivity index (χ1) is 7.13. The Kier molecular flexibility index (Phi) is 2.65. The zero-order valence-electron chi connectivity index (χ0n) is 9.16. The predicted molar refractivity (Wildman–Crippen MR) is 62.2 cm³/mol. The minimum Gasteiger partial charge on any atom is -0.312 e. The molecule has 0 aliphatic carbocycles. The highest BCUT2D eigenvalue weighted by Crippen LogP contribution is 2.23. The molecule has 4 heteroatoms. The molecule has 0 bridgehead atoms. The molecule has 0 aliphatic rings. The molecule has 0 radical (unpaired) electrons. The maximum Gasteiger partial charge on any atom is 0.160 e. The fourth-order valence-electron chi connectivity index (χ4n) is 1.73. The van der Waals surface area contributed by atoms with Crippen LogP contribution < -0.4 is 0 Å². The average molecular weight is 224 g/mol. The lowest BCUT2D eigenvalue weighted by Crippen LogP contribution is -2.03. The summed E-state index contributed by atoms with van der Waals surface area (Å²) in [5, 5.41) is -0.0838. The Bertz CT molecular complexity index is 488. The number of imidazole rings is 1. The van der Waals surface area contributed by atoms with Gasteiger partial charge in [0.15, 0.2) is 5.65 Å². The van der Waals surface area contributed by atoms with Crippen molar-refractivity contribution in [1.82, 2.24) is 14.5 Å². The van der Waals surface area contributed by atoms with E-state index in [1.807, 2.05) is 26.0 Å².